The molecule has 0 radical (unpaired) electrons. The van der Waals surface area contributed by atoms with Crippen molar-refractivity contribution in [2.75, 3.05) is 7.11 Å². The minimum absolute atomic E-state index is 0.105. The third-order valence-corrected chi connectivity index (χ3v) is 5.99. The zero-order valence-corrected chi connectivity index (χ0v) is 18.4. The van der Waals surface area contributed by atoms with Gasteiger partial charge in [-0.05, 0) is 47.6 Å². The third kappa shape index (κ3) is 4.13. The van der Waals surface area contributed by atoms with Gasteiger partial charge < -0.3 is 15.0 Å². The Morgan fingerprint density at radius 2 is 1.68 bits per heavy atom. The highest BCUT2D eigenvalue weighted by Gasteiger charge is 2.35. The highest BCUT2D eigenvalue weighted by molar-refractivity contribution is 6.04. The molecule has 1 heterocycles. The van der Waals surface area contributed by atoms with E-state index in [4.69, 9.17) is 4.74 Å². The molecule has 1 unspecified atom stereocenters. The Kier molecular flexibility index (Phi) is 5.44. The van der Waals surface area contributed by atoms with Crippen LogP contribution in [0.1, 0.15) is 69.5 Å². The molecule has 160 valence electrons. The maximum absolute atomic E-state index is 13.4. The molecule has 5 heteroatoms. The van der Waals surface area contributed by atoms with Gasteiger partial charge in [0.2, 0.25) is 0 Å². The number of aromatic nitrogens is 1. The maximum Gasteiger partial charge on any atom is 0.268 e. The van der Waals surface area contributed by atoms with Gasteiger partial charge in [-0.15, -0.1) is 0 Å². The van der Waals surface area contributed by atoms with Crippen molar-refractivity contribution in [3.05, 3.63) is 88.2 Å². The molecule has 1 atom stereocenters. The number of carbonyl (C=O) groups is 2. The molecule has 2 N–H and O–H groups in total. The lowest BCUT2D eigenvalue weighted by atomic mass is 9.75. The molecular formula is C26H28N2O3. The highest BCUT2D eigenvalue weighted by atomic mass is 16.5. The van der Waals surface area contributed by atoms with E-state index in [9.17, 15) is 9.59 Å². The number of nitrogens with one attached hydrogen (secondary N) is 2. The van der Waals surface area contributed by atoms with Crippen LogP contribution in [0, 0.1) is 12.3 Å². The molecule has 0 fully saturated rings. The fourth-order valence-electron chi connectivity index (χ4n) is 4.46. The first kappa shape index (κ1) is 20.9. The monoisotopic (exact) mass is 416 g/mol. The van der Waals surface area contributed by atoms with Crippen LogP contribution in [0.5, 0.6) is 5.75 Å². The van der Waals surface area contributed by atoms with Crippen molar-refractivity contribution in [3.8, 4) is 5.75 Å². The SMILES string of the molecule is COc1ccc(C(NC(=O)c2[nH]c3c(c2C)C(=O)CC(C)(C)C3)c2ccccc2)cc1. The average Bonchev–Trinajstić information content (AvgIpc) is 3.08. The average molecular weight is 417 g/mol. The number of carbonyl (C=O) groups excluding carboxylic acids is 2. The highest BCUT2D eigenvalue weighted by Crippen LogP contribution is 2.37. The number of methoxy groups -OCH3 is 1. The lowest BCUT2D eigenvalue weighted by Crippen LogP contribution is -2.30. The Balaban J connectivity index is 1.68. The van der Waals surface area contributed by atoms with Crippen molar-refractivity contribution in [3.63, 3.8) is 0 Å². The first-order valence-electron chi connectivity index (χ1n) is 10.5. The predicted octanol–water partition coefficient (Wildman–Crippen LogP) is 5.01. The van der Waals surface area contributed by atoms with Crippen molar-refractivity contribution >= 4 is 11.7 Å². The van der Waals surface area contributed by atoms with E-state index < -0.39 is 0 Å². The van der Waals surface area contributed by atoms with E-state index in [-0.39, 0.29) is 23.1 Å². The Morgan fingerprint density at radius 1 is 1.03 bits per heavy atom. The van der Waals surface area contributed by atoms with Gasteiger partial charge in [-0.2, -0.15) is 0 Å². The van der Waals surface area contributed by atoms with Gasteiger partial charge in [0.25, 0.3) is 5.91 Å². The van der Waals surface area contributed by atoms with Crippen molar-refractivity contribution in [1.29, 1.82) is 0 Å². The second-order valence-electron chi connectivity index (χ2n) is 9.01. The van der Waals surface area contributed by atoms with Gasteiger partial charge in [-0.1, -0.05) is 56.3 Å². The molecule has 31 heavy (non-hydrogen) atoms. The number of hydrogen-bond donors (Lipinski definition) is 2. The number of rotatable bonds is 5. The molecule has 4 rings (SSSR count). The zero-order chi connectivity index (χ0) is 22.2. The normalized spacial score (nSPS) is 15.8. The number of hydrogen-bond acceptors (Lipinski definition) is 3. The van der Waals surface area contributed by atoms with Crippen LogP contribution < -0.4 is 10.1 Å². The predicted molar refractivity (Wildman–Crippen MR) is 121 cm³/mol. The number of ketones is 1. The van der Waals surface area contributed by atoms with Crippen molar-refractivity contribution in [2.24, 2.45) is 5.41 Å². The number of benzene rings is 2. The number of Topliss-reactive ketones (excluding diaryl/α,β-unsaturated/α-hetero) is 1. The van der Waals surface area contributed by atoms with Gasteiger partial charge in [-0.25, -0.2) is 0 Å². The van der Waals surface area contributed by atoms with Crippen molar-refractivity contribution in [2.45, 2.75) is 39.7 Å². The van der Waals surface area contributed by atoms with Crippen LogP contribution in [-0.4, -0.2) is 23.8 Å². The molecule has 0 bridgehead atoms. The number of ether oxygens (including phenoxy) is 1. The maximum atomic E-state index is 13.4. The summed E-state index contributed by atoms with van der Waals surface area (Å²) >= 11 is 0. The van der Waals surface area contributed by atoms with Gasteiger partial charge in [0.05, 0.1) is 13.2 Å². The van der Waals surface area contributed by atoms with E-state index in [2.05, 4.69) is 24.1 Å². The lowest BCUT2D eigenvalue weighted by Gasteiger charge is -2.28. The largest absolute Gasteiger partial charge is 0.497 e. The zero-order valence-electron chi connectivity index (χ0n) is 18.4. The second-order valence-corrected chi connectivity index (χ2v) is 9.01. The molecule has 0 saturated carbocycles. The van der Waals surface area contributed by atoms with E-state index in [1.165, 1.54) is 0 Å². The molecule has 0 aliphatic heterocycles. The summed E-state index contributed by atoms with van der Waals surface area (Å²) in [4.78, 5) is 29.3. The summed E-state index contributed by atoms with van der Waals surface area (Å²) in [5.41, 5.74) is 4.57. The van der Waals surface area contributed by atoms with Gasteiger partial charge in [-0.3, -0.25) is 9.59 Å². The summed E-state index contributed by atoms with van der Waals surface area (Å²) < 4.78 is 5.27. The quantitative estimate of drug-likeness (QED) is 0.614. The van der Waals surface area contributed by atoms with Crippen LogP contribution in [0.15, 0.2) is 54.6 Å². The third-order valence-electron chi connectivity index (χ3n) is 5.99. The smallest absolute Gasteiger partial charge is 0.268 e. The van der Waals surface area contributed by atoms with Crippen molar-refractivity contribution in [1.82, 2.24) is 10.3 Å². The molecule has 2 aromatic carbocycles. The number of fused-ring (bicyclic) bond motifs is 1. The van der Waals surface area contributed by atoms with Gasteiger partial charge in [0, 0.05) is 17.7 Å². The standard InChI is InChI=1S/C26H28N2O3/c1-16-22-20(14-26(2,3)15-21(22)29)27-23(16)25(30)28-24(17-8-6-5-7-9-17)18-10-12-19(31-4)13-11-18/h5-13,24,27H,14-15H2,1-4H3,(H,28,30). The molecule has 1 amide bonds. The number of aromatic amines is 1. The molecular weight excluding hydrogens is 388 g/mol. The van der Waals surface area contributed by atoms with Gasteiger partial charge in [0.1, 0.15) is 11.4 Å². The molecule has 1 aromatic heterocycles. The lowest BCUT2D eigenvalue weighted by molar-refractivity contribution is 0.0909. The Labute approximate surface area is 182 Å². The first-order chi connectivity index (χ1) is 14.8. The topological polar surface area (TPSA) is 71.2 Å². The molecule has 0 spiro atoms. The summed E-state index contributed by atoms with van der Waals surface area (Å²) in [5, 5.41) is 3.17. The summed E-state index contributed by atoms with van der Waals surface area (Å²) in [5.74, 6) is 0.645. The minimum atomic E-state index is -0.327. The van der Waals surface area contributed by atoms with Crippen LogP contribution >= 0.6 is 0 Å². The molecule has 0 saturated heterocycles. The molecule has 5 nitrogen and oxygen atoms in total. The first-order valence-corrected chi connectivity index (χ1v) is 10.5. The van der Waals surface area contributed by atoms with E-state index in [0.717, 1.165) is 34.6 Å². The fourth-order valence-corrected chi connectivity index (χ4v) is 4.46. The number of amides is 1. The summed E-state index contributed by atoms with van der Waals surface area (Å²) in [6, 6.07) is 17.2. The van der Waals surface area contributed by atoms with Crippen LogP contribution in [0.2, 0.25) is 0 Å². The summed E-state index contributed by atoms with van der Waals surface area (Å²) in [7, 11) is 1.63. The van der Waals surface area contributed by atoms with Crippen LogP contribution in [0.3, 0.4) is 0 Å². The molecule has 1 aliphatic carbocycles. The van der Waals surface area contributed by atoms with Gasteiger partial charge >= 0.3 is 0 Å². The molecule has 1 aliphatic rings. The fraction of sp³-hybridized carbons (Fsp3) is 0.308. The van der Waals surface area contributed by atoms with Crippen LogP contribution in [-0.2, 0) is 6.42 Å². The van der Waals surface area contributed by atoms with Crippen LogP contribution in [0.25, 0.3) is 0 Å². The van der Waals surface area contributed by atoms with Crippen LogP contribution in [0.4, 0.5) is 0 Å². The van der Waals surface area contributed by atoms with E-state index >= 15 is 0 Å². The summed E-state index contributed by atoms with van der Waals surface area (Å²) in [6.45, 7) is 6.02. The summed E-state index contributed by atoms with van der Waals surface area (Å²) in [6.07, 6.45) is 1.25. The molecule has 3 aromatic rings. The Bertz CT molecular complexity index is 1110. The van der Waals surface area contributed by atoms with Gasteiger partial charge in [0.15, 0.2) is 5.78 Å². The Hall–Kier alpha value is -3.34. The number of H-pyrrole nitrogens is 1. The van der Waals surface area contributed by atoms with E-state index in [1.54, 1.807) is 7.11 Å². The van der Waals surface area contributed by atoms with E-state index in [0.29, 0.717) is 17.7 Å². The van der Waals surface area contributed by atoms with E-state index in [1.807, 2.05) is 61.5 Å². The van der Waals surface area contributed by atoms with Crippen molar-refractivity contribution < 1.29 is 14.3 Å². The minimum Gasteiger partial charge on any atom is -0.497 e. The second kappa shape index (κ2) is 8.06. The Morgan fingerprint density at radius 3 is 2.32 bits per heavy atom.